The summed E-state index contributed by atoms with van der Waals surface area (Å²) in [5.41, 5.74) is -0.371. The third-order valence-electron chi connectivity index (χ3n) is 6.04. The van der Waals surface area contributed by atoms with E-state index in [9.17, 15) is 4.79 Å². The lowest BCUT2D eigenvalue weighted by Crippen LogP contribution is -2.51. The fourth-order valence-electron chi connectivity index (χ4n) is 4.44. The summed E-state index contributed by atoms with van der Waals surface area (Å²) in [5, 5.41) is 0. The second-order valence-corrected chi connectivity index (χ2v) is 7.32. The summed E-state index contributed by atoms with van der Waals surface area (Å²) in [4.78, 5) is 12.9. The monoisotopic (exact) mass is 332 g/mol. The van der Waals surface area contributed by atoms with Crippen molar-refractivity contribution < 1.29 is 23.7 Å². The van der Waals surface area contributed by atoms with Crippen molar-refractivity contribution in [3.8, 4) is 0 Å². The number of hydrogen-bond donors (Lipinski definition) is 0. The summed E-state index contributed by atoms with van der Waals surface area (Å²) in [5.74, 6) is 0.162. The summed E-state index contributed by atoms with van der Waals surface area (Å²) >= 11 is 0. The molecular weight excluding hydrogens is 308 g/mol. The van der Waals surface area contributed by atoms with E-state index in [1.165, 1.54) is 7.11 Å². The fourth-order valence-corrected chi connectivity index (χ4v) is 4.44. The topological polar surface area (TPSA) is 54.0 Å². The van der Waals surface area contributed by atoms with Gasteiger partial charge in [-0.1, -0.05) is 44.2 Å². The van der Waals surface area contributed by atoms with E-state index in [1.807, 2.05) is 30.3 Å². The van der Waals surface area contributed by atoms with Gasteiger partial charge in [0.15, 0.2) is 11.7 Å². The number of esters is 1. The number of carbonyl (C=O) groups excluding carboxylic acids is 1. The predicted octanol–water partition coefficient (Wildman–Crippen LogP) is 2.28. The minimum Gasteiger partial charge on any atom is -0.454 e. The van der Waals surface area contributed by atoms with E-state index in [0.717, 1.165) is 5.56 Å². The van der Waals surface area contributed by atoms with Crippen molar-refractivity contribution in [2.24, 2.45) is 11.8 Å². The summed E-state index contributed by atoms with van der Waals surface area (Å²) in [7, 11) is 1.53. The zero-order valence-corrected chi connectivity index (χ0v) is 14.5. The molecule has 0 unspecified atom stereocenters. The van der Waals surface area contributed by atoms with Gasteiger partial charge in [0.25, 0.3) is 0 Å². The number of hydrogen-bond acceptors (Lipinski definition) is 5. The van der Waals surface area contributed by atoms with Crippen LogP contribution in [0.15, 0.2) is 30.3 Å². The van der Waals surface area contributed by atoms with Crippen LogP contribution in [0.4, 0.5) is 0 Å². The maximum atomic E-state index is 12.9. The van der Waals surface area contributed by atoms with Gasteiger partial charge in [-0.3, -0.25) is 0 Å². The Morgan fingerprint density at radius 2 is 1.62 bits per heavy atom. The second kappa shape index (κ2) is 5.55. The molecule has 0 saturated carbocycles. The van der Waals surface area contributed by atoms with Crippen LogP contribution in [-0.2, 0) is 29.3 Å². The van der Waals surface area contributed by atoms with Crippen molar-refractivity contribution in [1.29, 1.82) is 0 Å². The molecule has 0 N–H and O–H groups in total. The Bertz CT molecular complexity index is 628. The van der Waals surface area contributed by atoms with Crippen molar-refractivity contribution in [1.82, 2.24) is 0 Å². The molecule has 130 valence electrons. The van der Waals surface area contributed by atoms with E-state index < -0.39 is 11.6 Å². The number of methoxy groups -OCH3 is 1. The molecular formula is C19H24O5. The van der Waals surface area contributed by atoms with Crippen LogP contribution in [0.1, 0.15) is 26.3 Å². The molecule has 24 heavy (non-hydrogen) atoms. The van der Waals surface area contributed by atoms with Gasteiger partial charge in [-0.05, 0) is 12.5 Å². The lowest BCUT2D eigenvalue weighted by atomic mass is 9.87. The molecule has 1 aromatic rings. The molecule has 4 fully saturated rings. The predicted molar refractivity (Wildman–Crippen MR) is 86.3 cm³/mol. The first kappa shape index (κ1) is 16.1. The average Bonchev–Trinajstić information content (AvgIpc) is 3.03. The quantitative estimate of drug-likeness (QED) is 0.792. The minimum atomic E-state index is -1.14. The summed E-state index contributed by atoms with van der Waals surface area (Å²) < 4.78 is 23.6. The Morgan fingerprint density at radius 1 is 1.00 bits per heavy atom. The number of ether oxygens (including phenoxy) is 4. The first-order chi connectivity index (χ1) is 11.5. The maximum absolute atomic E-state index is 12.9. The van der Waals surface area contributed by atoms with Crippen LogP contribution in [-0.4, -0.2) is 43.6 Å². The van der Waals surface area contributed by atoms with E-state index in [2.05, 4.69) is 13.8 Å². The molecule has 4 heterocycles. The average molecular weight is 332 g/mol. The van der Waals surface area contributed by atoms with Crippen molar-refractivity contribution in [2.75, 3.05) is 7.11 Å². The molecule has 0 aliphatic carbocycles. The summed E-state index contributed by atoms with van der Waals surface area (Å²) in [6, 6.07) is 9.41. The van der Waals surface area contributed by atoms with Crippen LogP contribution in [0.3, 0.4) is 0 Å². The van der Waals surface area contributed by atoms with Crippen LogP contribution < -0.4 is 0 Å². The van der Waals surface area contributed by atoms with Gasteiger partial charge in [0.2, 0.25) is 0 Å². The van der Waals surface area contributed by atoms with E-state index >= 15 is 0 Å². The lowest BCUT2D eigenvalue weighted by molar-refractivity contribution is -0.200. The maximum Gasteiger partial charge on any atom is 0.343 e. The van der Waals surface area contributed by atoms with Crippen LogP contribution in [0.25, 0.3) is 0 Å². The van der Waals surface area contributed by atoms with Gasteiger partial charge in [0.05, 0.1) is 12.2 Å². The van der Waals surface area contributed by atoms with Gasteiger partial charge < -0.3 is 18.9 Å². The lowest BCUT2D eigenvalue weighted by Gasteiger charge is -2.39. The van der Waals surface area contributed by atoms with Gasteiger partial charge in [-0.2, -0.15) is 0 Å². The number of rotatable bonds is 4. The Labute approximate surface area is 142 Å². The third-order valence-corrected chi connectivity index (χ3v) is 6.04. The zero-order chi connectivity index (χ0) is 17.1. The zero-order valence-electron chi connectivity index (χ0n) is 14.5. The van der Waals surface area contributed by atoms with Gasteiger partial charge in [0, 0.05) is 18.9 Å². The second-order valence-electron chi connectivity index (χ2n) is 7.32. The SMILES string of the molecule is CO[C@@](C)(C(=O)O[C@H]1[C@@H]2O[C@H]3[C@@H](C)[C@@H]2O[C@@H]1[C@H]3C)c1ccccc1. The smallest absolute Gasteiger partial charge is 0.343 e. The van der Waals surface area contributed by atoms with Crippen molar-refractivity contribution in [2.45, 2.75) is 56.9 Å². The molecule has 5 rings (SSSR count). The first-order valence-electron chi connectivity index (χ1n) is 8.60. The molecule has 0 aromatic heterocycles. The molecule has 8 atom stereocenters. The molecule has 4 aliphatic heterocycles. The van der Waals surface area contributed by atoms with Gasteiger partial charge in [-0.15, -0.1) is 0 Å². The van der Waals surface area contributed by atoms with Crippen LogP contribution in [0, 0.1) is 11.8 Å². The molecule has 1 aromatic carbocycles. The summed E-state index contributed by atoms with van der Waals surface area (Å²) in [6.45, 7) is 6.00. The van der Waals surface area contributed by atoms with E-state index in [1.54, 1.807) is 6.92 Å². The highest BCUT2D eigenvalue weighted by Gasteiger charge is 2.65. The Kier molecular flexibility index (Phi) is 3.71. The van der Waals surface area contributed by atoms with E-state index in [4.69, 9.17) is 18.9 Å². The van der Waals surface area contributed by atoms with Crippen molar-refractivity contribution in [3.63, 3.8) is 0 Å². The normalized spacial score (nSPS) is 42.1. The van der Waals surface area contributed by atoms with Crippen LogP contribution in [0.2, 0.25) is 0 Å². The van der Waals surface area contributed by atoms with Crippen LogP contribution in [0.5, 0.6) is 0 Å². The molecule has 0 radical (unpaired) electrons. The van der Waals surface area contributed by atoms with E-state index in [-0.39, 0.29) is 36.4 Å². The standard InChI is InChI=1S/C19H24O5/c1-10-13-11(2)15-17(16(22-13)14(10)23-15)24-18(20)19(3,21-4)12-8-6-5-7-9-12/h5-11,13-17H,1-4H3/t10-,11+,13+,14+,15-,16-,17-,19-/m1/s1. The Morgan fingerprint density at radius 3 is 2.29 bits per heavy atom. The highest BCUT2D eigenvalue weighted by molar-refractivity contribution is 5.81. The summed E-state index contributed by atoms with van der Waals surface area (Å²) in [6.07, 6.45) is -0.379. The molecule has 0 amide bonds. The van der Waals surface area contributed by atoms with Crippen LogP contribution >= 0.6 is 0 Å². The largest absolute Gasteiger partial charge is 0.454 e. The molecule has 5 heteroatoms. The third kappa shape index (κ3) is 2.08. The minimum absolute atomic E-state index is 0.0273. The number of benzene rings is 1. The van der Waals surface area contributed by atoms with Gasteiger partial charge in [-0.25, -0.2) is 4.79 Å². The highest BCUT2D eigenvalue weighted by atomic mass is 16.7. The number of carbonyl (C=O) groups is 1. The molecule has 4 bridgehead atoms. The molecule has 4 saturated heterocycles. The van der Waals surface area contributed by atoms with Crippen molar-refractivity contribution >= 4 is 5.97 Å². The molecule has 5 nitrogen and oxygen atoms in total. The fraction of sp³-hybridized carbons (Fsp3) is 0.632. The Hall–Kier alpha value is -1.43. The van der Waals surface area contributed by atoms with Gasteiger partial charge in [0.1, 0.15) is 12.2 Å². The van der Waals surface area contributed by atoms with E-state index in [0.29, 0.717) is 5.92 Å². The molecule has 0 spiro atoms. The first-order valence-corrected chi connectivity index (χ1v) is 8.60. The highest BCUT2D eigenvalue weighted by Crippen LogP contribution is 2.51. The van der Waals surface area contributed by atoms with Crippen molar-refractivity contribution in [3.05, 3.63) is 35.9 Å². The molecule has 4 aliphatic rings. The van der Waals surface area contributed by atoms with Gasteiger partial charge >= 0.3 is 5.97 Å². The Balaban J connectivity index is 1.56.